The number of aromatic amines is 1. The molecule has 0 spiro atoms. The molecule has 0 aliphatic rings. The van der Waals surface area contributed by atoms with Gasteiger partial charge in [-0.2, -0.15) is 0 Å². The molecule has 0 radical (unpaired) electrons. The van der Waals surface area contributed by atoms with Crippen LogP contribution in [0.1, 0.15) is 0 Å². The fraction of sp³-hybridized carbons (Fsp3) is 0. The van der Waals surface area contributed by atoms with Crippen LogP contribution in [0.4, 0.5) is 5.69 Å². The smallest absolute Gasteiger partial charge is 0.155 e. The van der Waals surface area contributed by atoms with Crippen LogP contribution in [0.15, 0.2) is 51.5 Å². The molecule has 19 heavy (non-hydrogen) atoms. The number of rotatable bonds is 2. The Labute approximate surface area is 127 Å². The molecule has 0 unspecified atom stereocenters. The standard InChI is InChI=1S/C14H10Br2N2O/c15-11-6-9(17)7-12(16)14(11)19-10-1-2-13-8(5-10)3-4-18-13/h1-7,18H,17H2. The van der Waals surface area contributed by atoms with E-state index in [2.05, 4.69) is 36.8 Å². The van der Waals surface area contributed by atoms with E-state index in [1.165, 1.54) is 0 Å². The fourth-order valence-electron chi connectivity index (χ4n) is 1.89. The Bertz CT molecular complexity index is 729. The van der Waals surface area contributed by atoms with Gasteiger partial charge in [0.2, 0.25) is 0 Å². The number of fused-ring (bicyclic) bond motifs is 1. The first-order chi connectivity index (χ1) is 9.13. The molecular weight excluding hydrogens is 372 g/mol. The maximum atomic E-state index is 5.91. The van der Waals surface area contributed by atoms with Crippen LogP contribution in [-0.2, 0) is 0 Å². The number of hydrogen-bond acceptors (Lipinski definition) is 2. The van der Waals surface area contributed by atoms with Gasteiger partial charge in [0.1, 0.15) is 5.75 Å². The number of hydrogen-bond donors (Lipinski definition) is 2. The van der Waals surface area contributed by atoms with E-state index in [0.717, 1.165) is 25.6 Å². The number of nitrogens with one attached hydrogen (secondary N) is 1. The summed E-state index contributed by atoms with van der Waals surface area (Å²) >= 11 is 6.91. The van der Waals surface area contributed by atoms with Gasteiger partial charge in [-0.15, -0.1) is 0 Å². The molecule has 3 nitrogen and oxygen atoms in total. The molecule has 0 saturated heterocycles. The summed E-state index contributed by atoms with van der Waals surface area (Å²) in [7, 11) is 0. The average molecular weight is 382 g/mol. The number of aromatic nitrogens is 1. The number of nitrogen functional groups attached to an aromatic ring is 1. The number of benzene rings is 2. The van der Waals surface area contributed by atoms with Crippen molar-refractivity contribution in [3.8, 4) is 11.5 Å². The minimum absolute atomic E-state index is 0.673. The minimum Gasteiger partial charge on any atom is -0.455 e. The highest BCUT2D eigenvalue weighted by Gasteiger charge is 2.09. The van der Waals surface area contributed by atoms with E-state index in [-0.39, 0.29) is 0 Å². The largest absolute Gasteiger partial charge is 0.455 e. The van der Waals surface area contributed by atoms with Crippen molar-refractivity contribution in [1.82, 2.24) is 4.98 Å². The molecule has 0 fully saturated rings. The lowest BCUT2D eigenvalue weighted by Crippen LogP contribution is -1.90. The first kappa shape index (κ1) is 12.6. The van der Waals surface area contributed by atoms with Gasteiger partial charge in [-0.3, -0.25) is 0 Å². The third kappa shape index (κ3) is 2.48. The molecule has 0 aliphatic carbocycles. The van der Waals surface area contributed by atoms with E-state index in [1.54, 1.807) is 0 Å². The topological polar surface area (TPSA) is 51.0 Å². The van der Waals surface area contributed by atoms with E-state index in [1.807, 2.05) is 42.6 Å². The molecule has 1 heterocycles. The van der Waals surface area contributed by atoms with Gasteiger partial charge in [0.15, 0.2) is 5.75 Å². The van der Waals surface area contributed by atoms with E-state index >= 15 is 0 Å². The zero-order valence-electron chi connectivity index (χ0n) is 9.78. The van der Waals surface area contributed by atoms with Crippen molar-refractivity contribution in [2.45, 2.75) is 0 Å². The Hall–Kier alpha value is -1.46. The Balaban J connectivity index is 2.00. The van der Waals surface area contributed by atoms with Gasteiger partial charge in [-0.1, -0.05) is 0 Å². The van der Waals surface area contributed by atoms with Gasteiger partial charge in [0.05, 0.1) is 8.95 Å². The molecule has 0 aliphatic heterocycles. The summed E-state index contributed by atoms with van der Waals surface area (Å²) in [6.45, 7) is 0. The van der Waals surface area contributed by atoms with E-state index in [4.69, 9.17) is 10.5 Å². The van der Waals surface area contributed by atoms with Crippen LogP contribution in [0.2, 0.25) is 0 Å². The average Bonchev–Trinajstić information content (AvgIpc) is 2.81. The summed E-state index contributed by atoms with van der Waals surface area (Å²) in [5, 5.41) is 1.11. The molecule has 5 heteroatoms. The maximum absolute atomic E-state index is 5.91. The lowest BCUT2D eigenvalue weighted by molar-refractivity contribution is 0.477. The number of halogens is 2. The second-order valence-corrected chi connectivity index (χ2v) is 5.85. The molecule has 3 aromatic rings. The monoisotopic (exact) mass is 380 g/mol. The number of anilines is 1. The summed E-state index contributed by atoms with van der Waals surface area (Å²) < 4.78 is 7.54. The summed E-state index contributed by atoms with van der Waals surface area (Å²) in [6.07, 6.45) is 1.91. The van der Waals surface area contributed by atoms with Gasteiger partial charge in [-0.05, 0) is 68.3 Å². The predicted molar refractivity (Wildman–Crippen MR) is 84.6 cm³/mol. The Morgan fingerprint density at radius 2 is 1.74 bits per heavy atom. The molecule has 0 saturated carbocycles. The van der Waals surface area contributed by atoms with Gasteiger partial charge in [-0.25, -0.2) is 0 Å². The molecule has 3 rings (SSSR count). The highest BCUT2D eigenvalue weighted by atomic mass is 79.9. The summed E-state index contributed by atoms with van der Waals surface area (Å²) in [5.41, 5.74) is 7.52. The van der Waals surface area contributed by atoms with Crippen LogP contribution in [0.25, 0.3) is 10.9 Å². The van der Waals surface area contributed by atoms with Gasteiger partial charge < -0.3 is 15.5 Å². The van der Waals surface area contributed by atoms with Crippen LogP contribution < -0.4 is 10.5 Å². The quantitative estimate of drug-likeness (QED) is 0.609. The zero-order chi connectivity index (χ0) is 13.4. The maximum Gasteiger partial charge on any atom is 0.155 e. The van der Waals surface area contributed by atoms with Crippen molar-refractivity contribution in [3.63, 3.8) is 0 Å². The molecular formula is C14H10Br2N2O. The van der Waals surface area contributed by atoms with Crippen LogP contribution >= 0.6 is 31.9 Å². The normalized spacial score (nSPS) is 10.8. The van der Waals surface area contributed by atoms with Crippen molar-refractivity contribution in [3.05, 3.63) is 51.5 Å². The third-order valence-electron chi connectivity index (χ3n) is 2.77. The summed E-state index contributed by atoms with van der Waals surface area (Å²) in [6, 6.07) is 11.5. The second kappa shape index (κ2) is 4.90. The molecule has 0 atom stereocenters. The number of ether oxygens (including phenoxy) is 1. The van der Waals surface area contributed by atoms with Crippen LogP contribution in [-0.4, -0.2) is 4.98 Å². The lowest BCUT2D eigenvalue weighted by atomic mass is 10.2. The van der Waals surface area contributed by atoms with Crippen molar-refractivity contribution < 1.29 is 4.74 Å². The third-order valence-corrected chi connectivity index (χ3v) is 3.94. The van der Waals surface area contributed by atoms with Crippen LogP contribution in [0, 0.1) is 0 Å². The van der Waals surface area contributed by atoms with Crippen molar-refractivity contribution in [2.24, 2.45) is 0 Å². The van der Waals surface area contributed by atoms with Crippen molar-refractivity contribution in [1.29, 1.82) is 0 Å². The van der Waals surface area contributed by atoms with Gasteiger partial charge in [0.25, 0.3) is 0 Å². The van der Waals surface area contributed by atoms with E-state index < -0.39 is 0 Å². The van der Waals surface area contributed by atoms with Gasteiger partial charge in [0, 0.05) is 22.8 Å². The Morgan fingerprint density at radius 1 is 1.00 bits per heavy atom. The number of H-pyrrole nitrogens is 1. The molecule has 2 aromatic carbocycles. The molecule has 3 N–H and O–H groups in total. The number of nitrogens with two attached hydrogens (primary N) is 1. The summed E-state index contributed by atoms with van der Waals surface area (Å²) in [5.74, 6) is 1.49. The Kier molecular flexibility index (Phi) is 3.24. The zero-order valence-corrected chi connectivity index (χ0v) is 13.0. The first-order valence-electron chi connectivity index (χ1n) is 5.63. The lowest BCUT2D eigenvalue weighted by Gasteiger charge is -2.11. The summed E-state index contributed by atoms with van der Waals surface area (Å²) in [4.78, 5) is 3.15. The van der Waals surface area contributed by atoms with Crippen LogP contribution in [0.5, 0.6) is 11.5 Å². The first-order valence-corrected chi connectivity index (χ1v) is 7.21. The Morgan fingerprint density at radius 3 is 2.47 bits per heavy atom. The molecule has 96 valence electrons. The van der Waals surface area contributed by atoms with E-state index in [0.29, 0.717) is 11.4 Å². The molecule has 0 bridgehead atoms. The predicted octanol–water partition coefficient (Wildman–Crippen LogP) is 5.07. The van der Waals surface area contributed by atoms with E-state index in [9.17, 15) is 0 Å². The molecule has 1 aromatic heterocycles. The minimum atomic E-state index is 0.673. The second-order valence-electron chi connectivity index (χ2n) is 4.14. The van der Waals surface area contributed by atoms with Gasteiger partial charge >= 0.3 is 0 Å². The van der Waals surface area contributed by atoms with Crippen LogP contribution in [0.3, 0.4) is 0 Å². The fourth-order valence-corrected chi connectivity index (χ4v) is 3.27. The van der Waals surface area contributed by atoms with Crippen molar-refractivity contribution in [2.75, 3.05) is 5.73 Å². The van der Waals surface area contributed by atoms with Crippen molar-refractivity contribution >= 4 is 48.5 Å². The molecule has 0 amide bonds. The highest BCUT2D eigenvalue weighted by Crippen LogP contribution is 2.38. The highest BCUT2D eigenvalue weighted by molar-refractivity contribution is 9.11. The SMILES string of the molecule is Nc1cc(Br)c(Oc2ccc3[nH]ccc3c2)c(Br)c1.